The summed E-state index contributed by atoms with van der Waals surface area (Å²) in [4.78, 5) is 32.6. The Morgan fingerprint density at radius 3 is 1.74 bits per heavy atom. The van der Waals surface area contributed by atoms with Gasteiger partial charge in [0.2, 0.25) is 0 Å². The fourth-order valence-electron chi connectivity index (χ4n) is 5.66. The fraction of sp³-hybridized carbons (Fsp3) is 0.0938. The highest BCUT2D eigenvalue weighted by Crippen LogP contribution is 2.39. The van der Waals surface area contributed by atoms with Crippen LogP contribution >= 0.6 is 0 Å². The lowest BCUT2D eigenvalue weighted by Gasteiger charge is -2.20. The number of nitrogens with one attached hydrogen (secondary N) is 2. The minimum absolute atomic E-state index is 0.657. The third-order valence-electron chi connectivity index (χ3n) is 7.56. The number of benzene rings is 4. The second kappa shape index (κ2) is 8.16. The molecule has 8 rings (SSSR count). The molecule has 0 spiro atoms. The quantitative estimate of drug-likeness (QED) is 0.320. The number of rotatable bonds is 1. The van der Waals surface area contributed by atoms with Crippen molar-refractivity contribution < 1.29 is 0 Å². The minimum Gasteiger partial charge on any atom is -0.324 e. The number of aromatic amines is 2. The van der Waals surface area contributed by atoms with Crippen LogP contribution in [0.4, 0.5) is 11.4 Å². The second-order valence-electron chi connectivity index (χ2n) is 9.85. The molecule has 7 nitrogen and oxygen atoms in total. The van der Waals surface area contributed by atoms with Crippen LogP contribution in [0.1, 0.15) is 24.5 Å². The maximum Gasteiger partial charge on any atom is 0.180 e. The van der Waals surface area contributed by atoms with Crippen LogP contribution in [0.25, 0.3) is 21.5 Å². The van der Waals surface area contributed by atoms with Crippen LogP contribution in [-0.4, -0.2) is 15.8 Å². The molecule has 2 N–H and O–H groups in total. The van der Waals surface area contributed by atoms with E-state index in [4.69, 9.17) is 25.0 Å². The van der Waals surface area contributed by atoms with Crippen molar-refractivity contribution in [3.05, 3.63) is 130 Å². The molecule has 2 aliphatic rings. The summed E-state index contributed by atoms with van der Waals surface area (Å²) in [7, 11) is 0. The van der Waals surface area contributed by atoms with Gasteiger partial charge < -0.3 is 9.97 Å². The van der Waals surface area contributed by atoms with Crippen molar-refractivity contribution in [3.8, 4) is 0 Å². The van der Waals surface area contributed by atoms with Gasteiger partial charge in [0.05, 0.1) is 11.4 Å². The van der Waals surface area contributed by atoms with Crippen LogP contribution in [0.15, 0.2) is 122 Å². The van der Waals surface area contributed by atoms with Gasteiger partial charge >= 0.3 is 0 Å². The Labute approximate surface area is 222 Å². The van der Waals surface area contributed by atoms with Gasteiger partial charge in [0.25, 0.3) is 0 Å². The van der Waals surface area contributed by atoms with Crippen LogP contribution in [0.3, 0.4) is 0 Å². The molecule has 8 bridgehead atoms. The number of hydrogen-bond donors (Lipinski definition) is 2. The van der Waals surface area contributed by atoms with E-state index in [0.717, 1.165) is 66.0 Å². The molecule has 0 amide bonds. The van der Waals surface area contributed by atoms with E-state index in [0.29, 0.717) is 12.3 Å². The van der Waals surface area contributed by atoms with E-state index in [1.54, 1.807) is 0 Å². The molecule has 6 aromatic rings. The number of fused-ring (bicyclic) bond motifs is 16. The zero-order valence-electron chi connectivity index (χ0n) is 21.2. The zero-order valence-corrected chi connectivity index (χ0v) is 21.2. The SMILES string of the molecule is CC[C@]12N=C(N=c3[nH]c(c4ccccc34)=Nc3cccc(c3)N=c3[nH]/c(c4ccccc34)=N\1)c1ccccc12. The van der Waals surface area contributed by atoms with Gasteiger partial charge in [-0.1, -0.05) is 85.8 Å². The maximum absolute atomic E-state index is 5.32. The van der Waals surface area contributed by atoms with Gasteiger partial charge in [0.15, 0.2) is 11.5 Å². The summed E-state index contributed by atoms with van der Waals surface area (Å²) in [6, 6.07) is 32.6. The Morgan fingerprint density at radius 2 is 1.10 bits per heavy atom. The predicted molar refractivity (Wildman–Crippen MR) is 152 cm³/mol. The maximum atomic E-state index is 5.32. The number of H-pyrrole nitrogens is 2. The van der Waals surface area contributed by atoms with Gasteiger partial charge in [-0.05, 0) is 24.6 Å². The molecule has 2 aliphatic heterocycles. The van der Waals surface area contributed by atoms with Gasteiger partial charge in [0.1, 0.15) is 22.0 Å². The van der Waals surface area contributed by atoms with Gasteiger partial charge in [-0.2, -0.15) is 0 Å². The fourth-order valence-corrected chi connectivity index (χ4v) is 5.66. The first-order chi connectivity index (χ1) is 19.2. The van der Waals surface area contributed by atoms with Gasteiger partial charge in [-0.15, -0.1) is 0 Å². The Morgan fingerprint density at radius 1 is 0.564 bits per heavy atom. The van der Waals surface area contributed by atoms with E-state index in [-0.39, 0.29) is 0 Å². The minimum atomic E-state index is -0.813. The van der Waals surface area contributed by atoms with E-state index in [1.807, 2.05) is 60.7 Å². The molecule has 0 unspecified atom stereocenters. The van der Waals surface area contributed by atoms with Crippen LogP contribution < -0.4 is 22.0 Å². The first-order valence-corrected chi connectivity index (χ1v) is 13.1. The highest BCUT2D eigenvalue weighted by molar-refractivity contribution is 6.04. The number of aliphatic imine (C=N–C) groups is 1. The van der Waals surface area contributed by atoms with E-state index < -0.39 is 5.66 Å². The predicted octanol–water partition coefficient (Wildman–Crippen LogP) is 4.83. The molecule has 186 valence electrons. The molecule has 0 saturated carbocycles. The molecule has 0 radical (unpaired) electrons. The smallest absolute Gasteiger partial charge is 0.180 e. The highest BCUT2D eigenvalue weighted by Gasteiger charge is 2.38. The van der Waals surface area contributed by atoms with E-state index >= 15 is 0 Å². The van der Waals surface area contributed by atoms with E-state index in [9.17, 15) is 0 Å². The Bertz CT molecular complexity index is 2240. The first kappa shape index (κ1) is 21.9. The molecule has 7 heteroatoms. The largest absolute Gasteiger partial charge is 0.324 e. The van der Waals surface area contributed by atoms with Crippen molar-refractivity contribution in [2.45, 2.75) is 19.0 Å². The molecule has 1 atom stereocenters. The normalized spacial score (nSPS) is 18.4. The third kappa shape index (κ3) is 3.33. The first-order valence-electron chi connectivity index (χ1n) is 13.1. The lowest BCUT2D eigenvalue weighted by molar-refractivity contribution is 0.450. The molecule has 2 aromatic heterocycles. The molecule has 4 aromatic carbocycles. The summed E-state index contributed by atoms with van der Waals surface area (Å²) in [6.07, 6.45) is 0.678. The summed E-state index contributed by atoms with van der Waals surface area (Å²) in [5.41, 5.74) is 5.81. The number of hydrogen-bond acceptors (Lipinski definition) is 5. The molecule has 0 aliphatic carbocycles. The standard InChI is InChI=1S/C32H23N7/c1-2-32-26-17-8-7-16-25(26)31(39-32)37-29-22-13-4-3-12-21(22)27(35-29)33-19-10-9-11-20(18-19)34-28-23-14-5-6-15-24(23)30(36-28)38-32/h3-18H,2H2,1H3,(H,34,36,38)(H,33,35,37,39)/t32-/m1/s1. The lowest BCUT2D eigenvalue weighted by atomic mass is 9.96. The number of nitrogens with zero attached hydrogens (tertiary/aromatic N) is 5. The van der Waals surface area contributed by atoms with Crippen molar-refractivity contribution in [3.63, 3.8) is 0 Å². The van der Waals surface area contributed by atoms with E-state index in [2.05, 4.69) is 53.3 Å². The topological polar surface area (TPSA) is 93.4 Å². The summed E-state index contributed by atoms with van der Waals surface area (Å²) >= 11 is 0. The summed E-state index contributed by atoms with van der Waals surface area (Å²) in [5.74, 6) is 0.657. The molecule has 39 heavy (non-hydrogen) atoms. The summed E-state index contributed by atoms with van der Waals surface area (Å²) < 4.78 is 0. The number of amidine groups is 1. The van der Waals surface area contributed by atoms with Crippen LogP contribution in [-0.2, 0) is 5.66 Å². The van der Waals surface area contributed by atoms with Crippen LogP contribution in [0.5, 0.6) is 0 Å². The molecule has 0 fully saturated rings. The van der Waals surface area contributed by atoms with Gasteiger partial charge in [-0.25, -0.2) is 25.0 Å². The average molecular weight is 506 g/mol. The summed E-state index contributed by atoms with van der Waals surface area (Å²) in [5, 5.41) is 4.01. The van der Waals surface area contributed by atoms with Crippen LogP contribution in [0, 0.1) is 0 Å². The Balaban J connectivity index is 1.56. The zero-order chi connectivity index (χ0) is 26.0. The van der Waals surface area contributed by atoms with Crippen molar-refractivity contribution in [1.29, 1.82) is 0 Å². The second-order valence-corrected chi connectivity index (χ2v) is 9.85. The molecule has 4 heterocycles. The van der Waals surface area contributed by atoms with Gasteiger partial charge in [-0.3, -0.25) is 0 Å². The molecular formula is C32H23N7. The highest BCUT2D eigenvalue weighted by atomic mass is 15.2. The van der Waals surface area contributed by atoms with Crippen molar-refractivity contribution in [1.82, 2.24) is 9.97 Å². The summed E-state index contributed by atoms with van der Waals surface area (Å²) in [6.45, 7) is 2.12. The van der Waals surface area contributed by atoms with Gasteiger partial charge in [0, 0.05) is 32.7 Å². The average Bonchev–Trinajstić information content (AvgIpc) is 3.60. The van der Waals surface area contributed by atoms with Crippen LogP contribution in [0.2, 0.25) is 0 Å². The Kier molecular flexibility index (Phi) is 4.58. The molecule has 0 saturated heterocycles. The molecular weight excluding hydrogens is 482 g/mol. The van der Waals surface area contributed by atoms with Crippen molar-refractivity contribution in [2.24, 2.45) is 25.0 Å². The lowest BCUT2D eigenvalue weighted by Crippen LogP contribution is -2.23. The third-order valence-corrected chi connectivity index (χ3v) is 7.56. The Hall–Kier alpha value is -5.17. The number of aromatic nitrogens is 2. The van der Waals surface area contributed by atoms with Crippen molar-refractivity contribution >= 4 is 38.8 Å². The van der Waals surface area contributed by atoms with Crippen molar-refractivity contribution in [2.75, 3.05) is 0 Å². The monoisotopic (exact) mass is 505 g/mol. The van der Waals surface area contributed by atoms with E-state index in [1.165, 1.54) is 0 Å².